The molecule has 1 heterocycles. The van der Waals surface area contributed by atoms with Crippen LogP contribution in [0.2, 0.25) is 5.02 Å². The van der Waals surface area contributed by atoms with Gasteiger partial charge in [-0.05, 0) is 42.8 Å². The first-order valence-corrected chi connectivity index (χ1v) is 10.1. The molecule has 146 valence electrons. The molecule has 5 heteroatoms. The lowest BCUT2D eigenvalue weighted by atomic mass is 10.2. The molecule has 0 spiro atoms. The summed E-state index contributed by atoms with van der Waals surface area (Å²) in [5, 5.41) is 0.724. The summed E-state index contributed by atoms with van der Waals surface area (Å²) >= 11 is 5.96. The minimum absolute atomic E-state index is 0.255. The standard InChI is InChI=1S/C22H29ClN2O2/c1-2-16-26-17-21(18-27-22-10-8-19(23)9-11-22)25-14-12-24(13-15-25)20-6-4-3-5-7-20/h3-11,21H,2,12-18H2,1H3. The van der Waals surface area contributed by atoms with Gasteiger partial charge < -0.3 is 14.4 Å². The molecule has 4 nitrogen and oxygen atoms in total. The molecule has 1 saturated heterocycles. The summed E-state index contributed by atoms with van der Waals surface area (Å²) in [7, 11) is 0. The van der Waals surface area contributed by atoms with Gasteiger partial charge in [-0.25, -0.2) is 0 Å². The normalized spacial score (nSPS) is 16.3. The number of piperazine rings is 1. The SMILES string of the molecule is CCCOCC(COc1ccc(Cl)cc1)N1CCN(c2ccccc2)CC1. The number of anilines is 1. The third-order valence-electron chi connectivity index (χ3n) is 4.87. The van der Waals surface area contributed by atoms with Gasteiger partial charge in [-0.15, -0.1) is 0 Å². The van der Waals surface area contributed by atoms with Crippen LogP contribution in [0.5, 0.6) is 5.75 Å². The van der Waals surface area contributed by atoms with Gasteiger partial charge >= 0.3 is 0 Å². The van der Waals surface area contributed by atoms with Crippen LogP contribution in [-0.2, 0) is 4.74 Å². The van der Waals surface area contributed by atoms with Crippen LogP contribution in [-0.4, -0.2) is 56.9 Å². The second kappa shape index (κ2) is 10.5. The third-order valence-corrected chi connectivity index (χ3v) is 5.12. The Kier molecular flexibility index (Phi) is 7.81. The lowest BCUT2D eigenvalue weighted by Gasteiger charge is -2.40. The molecule has 1 atom stereocenters. The highest BCUT2D eigenvalue weighted by molar-refractivity contribution is 6.30. The van der Waals surface area contributed by atoms with Crippen molar-refractivity contribution < 1.29 is 9.47 Å². The predicted octanol–water partition coefficient (Wildman–Crippen LogP) is 4.34. The maximum Gasteiger partial charge on any atom is 0.119 e. The molecular weight excluding hydrogens is 360 g/mol. The van der Waals surface area contributed by atoms with Crippen molar-refractivity contribution in [3.63, 3.8) is 0 Å². The van der Waals surface area contributed by atoms with Gasteiger partial charge in [0.2, 0.25) is 0 Å². The van der Waals surface area contributed by atoms with Gasteiger partial charge in [-0.3, -0.25) is 4.90 Å². The lowest BCUT2D eigenvalue weighted by molar-refractivity contribution is 0.0340. The van der Waals surface area contributed by atoms with Gasteiger partial charge in [0, 0.05) is 43.5 Å². The minimum Gasteiger partial charge on any atom is -0.492 e. The molecule has 0 radical (unpaired) electrons. The summed E-state index contributed by atoms with van der Waals surface area (Å²) in [6.45, 7) is 8.32. The van der Waals surface area contributed by atoms with Crippen LogP contribution in [0.4, 0.5) is 5.69 Å². The molecule has 1 aliphatic rings. The fourth-order valence-corrected chi connectivity index (χ4v) is 3.46. The summed E-state index contributed by atoms with van der Waals surface area (Å²) in [5.41, 5.74) is 1.30. The molecule has 0 aliphatic carbocycles. The molecule has 0 bridgehead atoms. The Morgan fingerprint density at radius 3 is 2.30 bits per heavy atom. The zero-order chi connectivity index (χ0) is 18.9. The number of ether oxygens (including phenoxy) is 2. The van der Waals surface area contributed by atoms with E-state index < -0.39 is 0 Å². The molecule has 1 unspecified atom stereocenters. The van der Waals surface area contributed by atoms with E-state index in [9.17, 15) is 0 Å². The van der Waals surface area contributed by atoms with Crippen LogP contribution in [0.1, 0.15) is 13.3 Å². The Balaban J connectivity index is 1.55. The Morgan fingerprint density at radius 2 is 1.63 bits per heavy atom. The largest absolute Gasteiger partial charge is 0.492 e. The third kappa shape index (κ3) is 6.13. The Hall–Kier alpha value is -1.75. The highest BCUT2D eigenvalue weighted by Crippen LogP contribution is 2.19. The van der Waals surface area contributed by atoms with Gasteiger partial charge in [-0.1, -0.05) is 36.7 Å². The van der Waals surface area contributed by atoms with Crippen LogP contribution in [0, 0.1) is 0 Å². The average molecular weight is 389 g/mol. The number of halogens is 1. The van der Waals surface area contributed by atoms with Crippen molar-refractivity contribution in [2.24, 2.45) is 0 Å². The fourth-order valence-electron chi connectivity index (χ4n) is 3.33. The molecule has 27 heavy (non-hydrogen) atoms. The molecule has 1 aliphatic heterocycles. The average Bonchev–Trinajstić information content (AvgIpc) is 2.73. The topological polar surface area (TPSA) is 24.9 Å². The maximum atomic E-state index is 6.02. The molecular formula is C22H29ClN2O2. The van der Waals surface area contributed by atoms with Gasteiger partial charge in [-0.2, -0.15) is 0 Å². The molecule has 2 aromatic rings. The summed E-state index contributed by atoms with van der Waals surface area (Å²) in [6, 6.07) is 18.4. The summed E-state index contributed by atoms with van der Waals surface area (Å²) in [5.74, 6) is 0.850. The first kappa shape index (κ1) is 20.0. The zero-order valence-electron chi connectivity index (χ0n) is 16.0. The number of benzene rings is 2. The van der Waals surface area contributed by atoms with Gasteiger partial charge in [0.25, 0.3) is 0 Å². The van der Waals surface area contributed by atoms with E-state index >= 15 is 0 Å². The predicted molar refractivity (Wildman–Crippen MR) is 112 cm³/mol. The summed E-state index contributed by atoms with van der Waals surface area (Å²) < 4.78 is 11.9. The quantitative estimate of drug-likeness (QED) is 0.597. The number of hydrogen-bond donors (Lipinski definition) is 0. The van der Waals surface area contributed by atoms with Gasteiger partial charge in [0.05, 0.1) is 12.6 Å². The molecule has 0 saturated carbocycles. The number of para-hydroxylation sites is 1. The van der Waals surface area contributed by atoms with Crippen LogP contribution in [0.25, 0.3) is 0 Å². The van der Waals surface area contributed by atoms with E-state index in [4.69, 9.17) is 21.1 Å². The maximum absolute atomic E-state index is 6.02. The van der Waals surface area contributed by atoms with Crippen LogP contribution in [0.3, 0.4) is 0 Å². The zero-order valence-corrected chi connectivity index (χ0v) is 16.8. The van der Waals surface area contributed by atoms with Crippen molar-refractivity contribution in [1.82, 2.24) is 4.90 Å². The van der Waals surface area contributed by atoms with Crippen LogP contribution < -0.4 is 9.64 Å². The molecule has 0 aromatic heterocycles. The van der Waals surface area contributed by atoms with E-state index in [0.717, 1.165) is 50.0 Å². The Labute approximate surface area is 167 Å². The molecule has 0 amide bonds. The Morgan fingerprint density at radius 1 is 0.926 bits per heavy atom. The van der Waals surface area contributed by atoms with E-state index in [-0.39, 0.29) is 6.04 Å². The van der Waals surface area contributed by atoms with Gasteiger partial charge in [0.1, 0.15) is 12.4 Å². The van der Waals surface area contributed by atoms with Crippen LogP contribution in [0.15, 0.2) is 54.6 Å². The number of nitrogens with zero attached hydrogens (tertiary/aromatic N) is 2. The number of rotatable bonds is 9. The van der Waals surface area contributed by atoms with E-state index in [1.807, 2.05) is 24.3 Å². The van der Waals surface area contributed by atoms with E-state index in [1.165, 1.54) is 5.69 Å². The van der Waals surface area contributed by atoms with E-state index in [0.29, 0.717) is 13.2 Å². The van der Waals surface area contributed by atoms with Gasteiger partial charge in [0.15, 0.2) is 0 Å². The second-order valence-electron chi connectivity index (χ2n) is 6.85. The van der Waals surface area contributed by atoms with Crippen LogP contribution >= 0.6 is 11.6 Å². The first-order valence-electron chi connectivity index (χ1n) is 9.76. The highest BCUT2D eigenvalue weighted by atomic mass is 35.5. The minimum atomic E-state index is 0.255. The van der Waals surface area contributed by atoms with Crippen molar-refractivity contribution in [1.29, 1.82) is 0 Å². The molecule has 1 fully saturated rings. The fraction of sp³-hybridized carbons (Fsp3) is 0.455. The first-order chi connectivity index (χ1) is 13.3. The summed E-state index contributed by atoms with van der Waals surface area (Å²) in [6.07, 6.45) is 1.03. The van der Waals surface area contributed by atoms with Crippen molar-refractivity contribution in [2.75, 3.05) is 50.9 Å². The molecule has 2 aromatic carbocycles. The van der Waals surface area contributed by atoms with Crippen molar-refractivity contribution in [3.05, 3.63) is 59.6 Å². The monoisotopic (exact) mass is 388 g/mol. The second-order valence-corrected chi connectivity index (χ2v) is 7.29. The van der Waals surface area contributed by atoms with Crippen molar-refractivity contribution >= 4 is 17.3 Å². The smallest absolute Gasteiger partial charge is 0.119 e. The van der Waals surface area contributed by atoms with Crippen molar-refractivity contribution in [3.8, 4) is 5.75 Å². The lowest BCUT2D eigenvalue weighted by Crippen LogP contribution is -2.53. The van der Waals surface area contributed by atoms with E-state index in [1.54, 1.807) is 0 Å². The summed E-state index contributed by atoms with van der Waals surface area (Å²) in [4.78, 5) is 4.94. The Bertz CT molecular complexity index is 658. The molecule has 3 rings (SSSR count). The molecule has 0 N–H and O–H groups in total. The highest BCUT2D eigenvalue weighted by Gasteiger charge is 2.24. The van der Waals surface area contributed by atoms with E-state index in [2.05, 4.69) is 47.1 Å². The van der Waals surface area contributed by atoms with Crippen molar-refractivity contribution in [2.45, 2.75) is 19.4 Å². The number of hydrogen-bond acceptors (Lipinski definition) is 4.